The van der Waals surface area contributed by atoms with E-state index in [9.17, 15) is 9.59 Å². The summed E-state index contributed by atoms with van der Waals surface area (Å²) >= 11 is 7.07. The molecule has 3 heterocycles. The fraction of sp³-hybridized carbons (Fsp3) is 0.333. The molecule has 2 saturated heterocycles. The van der Waals surface area contributed by atoms with Gasteiger partial charge in [0.1, 0.15) is 6.10 Å². The maximum Gasteiger partial charge on any atom is 0.414 e. The minimum Gasteiger partial charge on any atom is -0.442 e. The van der Waals surface area contributed by atoms with Gasteiger partial charge >= 0.3 is 6.09 Å². The number of halogens is 1. The Morgan fingerprint density at radius 1 is 1.21 bits per heavy atom. The number of likely N-dealkylation sites (tertiary alicyclic amines) is 1. The van der Waals surface area contributed by atoms with Crippen molar-refractivity contribution in [3.05, 3.63) is 57.8 Å². The summed E-state index contributed by atoms with van der Waals surface area (Å²) in [6.07, 6.45) is 1.60. The van der Waals surface area contributed by atoms with Crippen molar-refractivity contribution in [3.8, 4) is 0 Å². The first-order valence-corrected chi connectivity index (χ1v) is 10.8. The van der Waals surface area contributed by atoms with Crippen LogP contribution in [0.1, 0.15) is 28.1 Å². The van der Waals surface area contributed by atoms with Crippen LogP contribution in [0.25, 0.3) is 5.70 Å². The molecule has 1 unspecified atom stereocenters. The zero-order valence-electron chi connectivity index (χ0n) is 15.9. The first kappa shape index (κ1) is 19.8. The number of carbonyl (C=O) groups is 2. The van der Waals surface area contributed by atoms with E-state index < -0.39 is 12.2 Å². The number of rotatable bonds is 6. The third-order valence-electron chi connectivity index (χ3n) is 5.16. The molecule has 0 bridgehead atoms. The van der Waals surface area contributed by atoms with Crippen molar-refractivity contribution in [2.45, 2.75) is 18.9 Å². The Labute approximate surface area is 178 Å². The Morgan fingerprint density at radius 3 is 2.59 bits per heavy atom. The molecule has 0 radical (unpaired) electrons. The molecule has 1 N–H and O–H groups in total. The van der Waals surface area contributed by atoms with Crippen LogP contribution in [-0.2, 0) is 4.74 Å². The Kier molecular flexibility index (Phi) is 5.78. The van der Waals surface area contributed by atoms with Crippen molar-refractivity contribution in [1.29, 1.82) is 0 Å². The minimum absolute atomic E-state index is 0.221. The summed E-state index contributed by atoms with van der Waals surface area (Å²) in [5.41, 5.74) is 2.85. The van der Waals surface area contributed by atoms with Gasteiger partial charge in [-0.3, -0.25) is 9.69 Å². The summed E-state index contributed by atoms with van der Waals surface area (Å²) in [7, 11) is 0. The SMILES string of the molecule is C=C(c1ccc(N2CC(CNC(=O)c3ccc(Cl)s3)OC2=O)cc1)N1CCCC1. The lowest BCUT2D eigenvalue weighted by atomic mass is 10.1. The van der Waals surface area contributed by atoms with Gasteiger partial charge < -0.3 is 15.0 Å². The molecule has 2 amide bonds. The third kappa shape index (κ3) is 4.41. The fourth-order valence-electron chi connectivity index (χ4n) is 3.57. The van der Waals surface area contributed by atoms with Gasteiger partial charge in [0.05, 0.1) is 22.3 Å². The van der Waals surface area contributed by atoms with Crippen molar-refractivity contribution < 1.29 is 14.3 Å². The van der Waals surface area contributed by atoms with Crippen LogP contribution in [0, 0.1) is 0 Å². The number of anilines is 1. The molecule has 0 spiro atoms. The monoisotopic (exact) mass is 431 g/mol. The van der Waals surface area contributed by atoms with Crippen molar-refractivity contribution >= 4 is 46.3 Å². The first-order valence-electron chi connectivity index (χ1n) is 9.57. The molecule has 2 aliphatic rings. The van der Waals surface area contributed by atoms with Crippen LogP contribution in [0.2, 0.25) is 4.34 Å². The van der Waals surface area contributed by atoms with E-state index in [0.29, 0.717) is 15.8 Å². The van der Waals surface area contributed by atoms with Crippen molar-refractivity contribution in [3.63, 3.8) is 0 Å². The molecule has 4 rings (SSSR count). The number of cyclic esters (lactones) is 1. The van der Waals surface area contributed by atoms with E-state index in [1.54, 1.807) is 17.0 Å². The van der Waals surface area contributed by atoms with Crippen LogP contribution in [0.3, 0.4) is 0 Å². The summed E-state index contributed by atoms with van der Waals surface area (Å²) in [6.45, 7) is 6.93. The molecular formula is C21H22ClN3O3S. The van der Waals surface area contributed by atoms with E-state index in [1.807, 2.05) is 24.3 Å². The highest BCUT2D eigenvalue weighted by molar-refractivity contribution is 7.17. The number of hydrogen-bond donors (Lipinski definition) is 1. The normalized spacial score (nSPS) is 18.8. The summed E-state index contributed by atoms with van der Waals surface area (Å²) < 4.78 is 5.96. The fourth-order valence-corrected chi connectivity index (χ4v) is 4.53. The Balaban J connectivity index is 1.34. The molecule has 152 valence electrons. The average molecular weight is 432 g/mol. The lowest BCUT2D eigenvalue weighted by Gasteiger charge is -2.21. The van der Waals surface area contributed by atoms with Crippen molar-refractivity contribution in [2.75, 3.05) is 31.1 Å². The predicted molar refractivity (Wildman–Crippen MR) is 116 cm³/mol. The lowest BCUT2D eigenvalue weighted by molar-refractivity contribution is 0.0920. The van der Waals surface area contributed by atoms with Crippen LogP contribution in [0.15, 0.2) is 43.0 Å². The van der Waals surface area contributed by atoms with E-state index in [2.05, 4.69) is 16.8 Å². The summed E-state index contributed by atoms with van der Waals surface area (Å²) in [6, 6.07) is 11.1. The molecule has 1 atom stereocenters. The second-order valence-electron chi connectivity index (χ2n) is 7.12. The largest absolute Gasteiger partial charge is 0.442 e. The Bertz CT molecular complexity index is 922. The molecule has 2 fully saturated rings. The number of nitrogens with one attached hydrogen (secondary N) is 1. The number of amides is 2. The van der Waals surface area contributed by atoms with E-state index in [1.165, 1.54) is 24.2 Å². The highest BCUT2D eigenvalue weighted by Crippen LogP contribution is 2.27. The zero-order chi connectivity index (χ0) is 20.4. The number of benzene rings is 1. The second-order valence-corrected chi connectivity index (χ2v) is 8.83. The topological polar surface area (TPSA) is 61.9 Å². The van der Waals surface area contributed by atoms with Crippen molar-refractivity contribution in [2.24, 2.45) is 0 Å². The number of nitrogens with zero attached hydrogens (tertiary/aromatic N) is 2. The standard InChI is InChI=1S/C21H22ClN3O3S/c1-14(24-10-2-3-11-24)15-4-6-16(7-5-15)25-13-17(28-21(25)27)12-23-20(26)18-8-9-19(22)29-18/h4-9,17H,1-3,10-13H2,(H,23,26). The average Bonchev–Trinajstić information content (AvgIpc) is 3.47. The molecule has 1 aromatic carbocycles. The molecule has 6 nitrogen and oxygen atoms in total. The number of ether oxygens (including phenoxy) is 1. The first-order chi connectivity index (χ1) is 14.0. The second kappa shape index (κ2) is 8.47. The van der Waals surface area contributed by atoms with Crippen LogP contribution in [0.4, 0.5) is 10.5 Å². The van der Waals surface area contributed by atoms with Gasteiger partial charge in [0, 0.05) is 24.5 Å². The van der Waals surface area contributed by atoms with Gasteiger partial charge in [0.15, 0.2) is 0 Å². The Hall–Kier alpha value is -2.51. The van der Waals surface area contributed by atoms with Gasteiger partial charge in [-0.25, -0.2) is 4.79 Å². The molecule has 0 saturated carbocycles. The Morgan fingerprint density at radius 2 is 1.93 bits per heavy atom. The van der Waals surface area contributed by atoms with Crippen LogP contribution < -0.4 is 10.2 Å². The van der Waals surface area contributed by atoms with E-state index >= 15 is 0 Å². The molecular weight excluding hydrogens is 410 g/mol. The number of carbonyl (C=O) groups excluding carboxylic acids is 2. The lowest BCUT2D eigenvalue weighted by Crippen LogP contribution is -2.34. The minimum atomic E-state index is -0.408. The predicted octanol–water partition coefficient (Wildman–Crippen LogP) is 4.22. The molecule has 0 aliphatic carbocycles. The molecule has 2 aliphatic heterocycles. The molecule has 29 heavy (non-hydrogen) atoms. The third-order valence-corrected chi connectivity index (χ3v) is 6.39. The van der Waals surface area contributed by atoms with Gasteiger partial charge in [0.25, 0.3) is 5.91 Å². The van der Waals surface area contributed by atoms with Crippen LogP contribution >= 0.6 is 22.9 Å². The summed E-state index contributed by atoms with van der Waals surface area (Å²) in [5, 5.41) is 2.79. The highest BCUT2D eigenvalue weighted by atomic mass is 35.5. The number of hydrogen-bond acceptors (Lipinski definition) is 5. The zero-order valence-corrected chi connectivity index (χ0v) is 17.5. The van der Waals surface area contributed by atoms with E-state index in [-0.39, 0.29) is 12.5 Å². The van der Waals surface area contributed by atoms with E-state index in [4.69, 9.17) is 16.3 Å². The summed E-state index contributed by atoms with van der Waals surface area (Å²) in [4.78, 5) is 28.8. The van der Waals surface area contributed by atoms with Gasteiger partial charge in [-0.1, -0.05) is 30.3 Å². The van der Waals surface area contributed by atoms with E-state index in [0.717, 1.165) is 30.0 Å². The number of thiophene rings is 1. The highest BCUT2D eigenvalue weighted by Gasteiger charge is 2.32. The molecule has 8 heteroatoms. The van der Waals surface area contributed by atoms with Crippen LogP contribution in [0.5, 0.6) is 0 Å². The summed E-state index contributed by atoms with van der Waals surface area (Å²) in [5.74, 6) is -0.221. The van der Waals surface area contributed by atoms with Gasteiger partial charge in [-0.15, -0.1) is 11.3 Å². The maximum absolute atomic E-state index is 12.3. The smallest absolute Gasteiger partial charge is 0.414 e. The van der Waals surface area contributed by atoms with Crippen molar-refractivity contribution in [1.82, 2.24) is 10.2 Å². The van der Waals surface area contributed by atoms with Gasteiger partial charge in [-0.2, -0.15) is 0 Å². The quantitative estimate of drug-likeness (QED) is 0.743. The van der Waals surface area contributed by atoms with Gasteiger partial charge in [-0.05, 0) is 42.7 Å². The van der Waals surface area contributed by atoms with Gasteiger partial charge in [0.2, 0.25) is 0 Å². The maximum atomic E-state index is 12.3. The molecule has 1 aromatic heterocycles. The van der Waals surface area contributed by atoms with Crippen LogP contribution in [-0.4, -0.2) is 49.2 Å². The molecule has 2 aromatic rings.